The Bertz CT molecular complexity index is 647. The van der Waals surface area contributed by atoms with Gasteiger partial charge in [0.25, 0.3) is 0 Å². The number of benzene rings is 1. The molecule has 27 heavy (non-hydrogen) atoms. The van der Waals surface area contributed by atoms with Crippen LogP contribution in [0.2, 0.25) is 0 Å². The van der Waals surface area contributed by atoms with E-state index in [0.717, 1.165) is 24.8 Å². The summed E-state index contributed by atoms with van der Waals surface area (Å²) < 4.78 is 0. The van der Waals surface area contributed by atoms with E-state index in [2.05, 4.69) is 69.0 Å². The van der Waals surface area contributed by atoms with Gasteiger partial charge >= 0.3 is 0 Å². The van der Waals surface area contributed by atoms with Gasteiger partial charge in [0.15, 0.2) is 0 Å². The van der Waals surface area contributed by atoms with Crippen LogP contribution in [0.3, 0.4) is 0 Å². The summed E-state index contributed by atoms with van der Waals surface area (Å²) in [6, 6.07) is 8.38. The monoisotopic (exact) mass is 386 g/mol. The molecular formula is C25H38OS. The van der Waals surface area contributed by atoms with Crippen LogP contribution in [-0.2, 0) is 12.0 Å². The van der Waals surface area contributed by atoms with Crippen molar-refractivity contribution in [2.45, 2.75) is 84.0 Å². The highest BCUT2D eigenvalue weighted by Crippen LogP contribution is 2.52. The van der Waals surface area contributed by atoms with E-state index in [0.29, 0.717) is 10.7 Å². The average molecular weight is 387 g/mol. The molecule has 1 nitrogen and oxygen atoms in total. The summed E-state index contributed by atoms with van der Waals surface area (Å²) in [6.07, 6.45) is 14.2. The van der Waals surface area contributed by atoms with Gasteiger partial charge in [0.05, 0.1) is 5.60 Å². The Hall–Kier alpha value is -0.990. The van der Waals surface area contributed by atoms with Crippen molar-refractivity contribution in [2.75, 3.05) is 5.75 Å². The first-order chi connectivity index (χ1) is 12.8. The minimum atomic E-state index is -0.787. The first kappa shape index (κ1) is 22.3. The van der Waals surface area contributed by atoms with Crippen molar-refractivity contribution in [3.8, 4) is 0 Å². The molecule has 1 aromatic rings. The summed E-state index contributed by atoms with van der Waals surface area (Å²) in [7, 11) is 0. The molecule has 2 heteroatoms. The van der Waals surface area contributed by atoms with E-state index >= 15 is 0 Å². The molecule has 0 aromatic heterocycles. The molecule has 150 valence electrons. The van der Waals surface area contributed by atoms with Gasteiger partial charge in [0, 0.05) is 5.25 Å². The van der Waals surface area contributed by atoms with Crippen molar-refractivity contribution >= 4 is 11.8 Å². The first-order valence-electron chi connectivity index (χ1n) is 10.6. The minimum absolute atomic E-state index is 0.528. The fraction of sp³-hybridized carbons (Fsp3) is 0.600. The van der Waals surface area contributed by atoms with Crippen LogP contribution in [0.1, 0.15) is 77.8 Å². The van der Waals surface area contributed by atoms with Crippen LogP contribution in [-0.4, -0.2) is 16.1 Å². The summed E-state index contributed by atoms with van der Waals surface area (Å²) in [5, 5.41) is 11.1. The van der Waals surface area contributed by atoms with E-state index in [9.17, 15) is 5.11 Å². The van der Waals surface area contributed by atoms with Crippen LogP contribution < -0.4 is 0 Å². The van der Waals surface area contributed by atoms with E-state index in [1.54, 1.807) is 0 Å². The maximum Gasteiger partial charge on any atom is 0.0843 e. The Morgan fingerprint density at radius 1 is 1.26 bits per heavy atom. The number of thioether (sulfide) groups is 1. The maximum absolute atomic E-state index is 10.5. The molecule has 0 aliphatic heterocycles. The lowest BCUT2D eigenvalue weighted by Crippen LogP contribution is -2.19. The molecule has 1 N–H and O–H groups in total. The maximum atomic E-state index is 10.5. The van der Waals surface area contributed by atoms with E-state index in [-0.39, 0.29) is 0 Å². The van der Waals surface area contributed by atoms with Crippen molar-refractivity contribution in [3.63, 3.8) is 0 Å². The standard InChI is InChI=1S/C25H38OS/c1-6-11-21(12-7-2)23(27-19-25(8-3)17-18-25)16-15-20-13-9-10-14-22(20)24(4,5)26/h6,9-14,23,26H,7-8,15-19H2,1-5H3. The van der Waals surface area contributed by atoms with E-state index in [4.69, 9.17) is 0 Å². The lowest BCUT2D eigenvalue weighted by molar-refractivity contribution is 0.0776. The van der Waals surface area contributed by atoms with Gasteiger partial charge in [-0.05, 0) is 87.2 Å². The highest BCUT2D eigenvalue weighted by molar-refractivity contribution is 8.00. The predicted molar refractivity (Wildman–Crippen MR) is 121 cm³/mol. The van der Waals surface area contributed by atoms with E-state index < -0.39 is 5.60 Å². The number of hydrogen-bond acceptors (Lipinski definition) is 2. The van der Waals surface area contributed by atoms with Crippen molar-refractivity contribution in [3.05, 3.63) is 59.2 Å². The Morgan fingerprint density at radius 2 is 1.96 bits per heavy atom. The molecule has 1 unspecified atom stereocenters. The minimum Gasteiger partial charge on any atom is -0.386 e. The van der Waals surface area contributed by atoms with E-state index in [1.807, 2.05) is 19.9 Å². The second-order valence-corrected chi connectivity index (χ2v) is 9.71. The van der Waals surface area contributed by atoms with Crippen molar-refractivity contribution in [2.24, 2.45) is 5.41 Å². The normalized spacial score (nSPS) is 18.1. The van der Waals surface area contributed by atoms with Gasteiger partial charge in [-0.15, -0.1) is 0 Å². The Morgan fingerprint density at radius 3 is 2.52 bits per heavy atom. The molecule has 1 aliphatic rings. The van der Waals surface area contributed by atoms with Gasteiger partial charge in [-0.3, -0.25) is 0 Å². The zero-order chi connectivity index (χ0) is 19.9. The molecule has 0 heterocycles. The van der Waals surface area contributed by atoms with Crippen molar-refractivity contribution in [1.82, 2.24) is 0 Å². The Balaban J connectivity index is 2.15. The topological polar surface area (TPSA) is 20.2 Å². The number of hydrogen-bond donors (Lipinski definition) is 1. The Labute approximate surface area is 171 Å². The lowest BCUT2D eigenvalue weighted by atomic mass is 9.90. The van der Waals surface area contributed by atoms with Crippen LogP contribution in [0.4, 0.5) is 0 Å². The highest BCUT2D eigenvalue weighted by Gasteiger charge is 2.40. The molecular weight excluding hydrogens is 348 g/mol. The molecule has 1 aromatic carbocycles. The van der Waals surface area contributed by atoms with Crippen molar-refractivity contribution < 1.29 is 5.11 Å². The fourth-order valence-corrected chi connectivity index (χ4v) is 5.46. The summed E-state index contributed by atoms with van der Waals surface area (Å²) >= 11 is 2.15. The molecule has 0 spiro atoms. The summed E-state index contributed by atoms with van der Waals surface area (Å²) in [5.74, 6) is 1.28. The molecule has 0 bridgehead atoms. The SMILES string of the molecule is CC=CC(=CCC)C(CCc1ccccc1C(C)(C)O)SCC1(CC)CC1. The molecule has 0 radical (unpaired) electrons. The smallest absolute Gasteiger partial charge is 0.0843 e. The van der Waals surface area contributed by atoms with Gasteiger partial charge in [-0.2, -0.15) is 11.8 Å². The zero-order valence-corrected chi connectivity index (χ0v) is 18.7. The third-order valence-corrected chi connectivity index (χ3v) is 7.51. The molecule has 2 rings (SSSR count). The van der Waals surface area contributed by atoms with Crippen LogP contribution in [0.15, 0.2) is 48.1 Å². The quantitative estimate of drug-likeness (QED) is 0.411. The zero-order valence-electron chi connectivity index (χ0n) is 17.9. The van der Waals surface area contributed by atoms with Crippen LogP contribution >= 0.6 is 11.8 Å². The third kappa shape index (κ3) is 6.54. The molecule has 1 atom stereocenters. The summed E-state index contributed by atoms with van der Waals surface area (Å²) in [6.45, 7) is 10.5. The molecule has 1 saturated carbocycles. The average Bonchev–Trinajstić information content (AvgIpc) is 3.42. The molecule has 1 aliphatic carbocycles. The second-order valence-electron chi connectivity index (χ2n) is 8.52. The van der Waals surface area contributed by atoms with Gasteiger partial charge in [0.2, 0.25) is 0 Å². The molecule has 0 saturated heterocycles. The fourth-order valence-electron chi connectivity index (χ4n) is 3.76. The van der Waals surface area contributed by atoms with Gasteiger partial charge in [-0.1, -0.05) is 56.3 Å². The summed E-state index contributed by atoms with van der Waals surface area (Å²) in [4.78, 5) is 0. The number of rotatable bonds is 11. The van der Waals surface area contributed by atoms with Crippen LogP contribution in [0.5, 0.6) is 0 Å². The molecule has 1 fully saturated rings. The van der Waals surface area contributed by atoms with E-state index in [1.165, 1.54) is 36.2 Å². The van der Waals surface area contributed by atoms with Crippen LogP contribution in [0.25, 0.3) is 0 Å². The van der Waals surface area contributed by atoms with Crippen molar-refractivity contribution in [1.29, 1.82) is 0 Å². The lowest BCUT2D eigenvalue weighted by Gasteiger charge is -2.24. The van der Waals surface area contributed by atoms with Gasteiger partial charge in [0.1, 0.15) is 0 Å². The molecule has 0 amide bonds. The van der Waals surface area contributed by atoms with Gasteiger partial charge in [-0.25, -0.2) is 0 Å². The second kappa shape index (κ2) is 9.98. The first-order valence-corrected chi connectivity index (χ1v) is 11.6. The van der Waals surface area contributed by atoms with Gasteiger partial charge < -0.3 is 5.11 Å². The highest BCUT2D eigenvalue weighted by atomic mass is 32.2. The predicted octanol–water partition coefficient (Wildman–Crippen LogP) is 7.05. The number of allylic oxidation sites excluding steroid dienone is 3. The number of aliphatic hydroxyl groups is 1. The largest absolute Gasteiger partial charge is 0.386 e. The third-order valence-electron chi connectivity index (χ3n) is 5.82. The summed E-state index contributed by atoms with van der Waals surface area (Å²) in [5.41, 5.74) is 3.64. The Kier molecular flexibility index (Phi) is 8.24. The number of aryl methyl sites for hydroxylation is 1. The van der Waals surface area contributed by atoms with Crippen LogP contribution in [0, 0.1) is 5.41 Å².